The molecule has 1 atom stereocenters. The van der Waals surface area contributed by atoms with E-state index < -0.39 is 0 Å². The Morgan fingerprint density at radius 2 is 2.07 bits per heavy atom. The highest BCUT2D eigenvalue weighted by molar-refractivity contribution is 5.79. The Balaban J connectivity index is 1.61. The van der Waals surface area contributed by atoms with Crippen molar-refractivity contribution in [2.75, 3.05) is 13.1 Å². The van der Waals surface area contributed by atoms with Gasteiger partial charge in [-0.3, -0.25) is 9.48 Å². The van der Waals surface area contributed by atoms with E-state index in [0.29, 0.717) is 12.5 Å². The fourth-order valence-electron chi connectivity index (χ4n) is 3.91. The van der Waals surface area contributed by atoms with Gasteiger partial charge in [0.15, 0.2) is 0 Å². The number of hydrogen-bond acceptors (Lipinski definition) is 4. The zero-order valence-corrected chi connectivity index (χ0v) is 18.6. The van der Waals surface area contributed by atoms with Crippen molar-refractivity contribution in [2.24, 2.45) is 0 Å². The summed E-state index contributed by atoms with van der Waals surface area (Å²) in [7, 11) is 0. The molecule has 1 aromatic heterocycles. The number of benzene rings is 1. The van der Waals surface area contributed by atoms with Crippen LogP contribution in [0.15, 0.2) is 36.4 Å². The number of rotatable bonds is 8. The molecule has 1 aliphatic rings. The number of carbonyl (C=O) groups is 1. The molecule has 1 aliphatic heterocycles. The van der Waals surface area contributed by atoms with Crippen LogP contribution in [0.25, 0.3) is 11.3 Å². The smallest absolute Gasteiger partial charge is 0.237 e. The number of aryl methyl sites for hydroxylation is 1. The Morgan fingerprint density at radius 1 is 1.33 bits per heavy atom. The Morgan fingerprint density at radius 3 is 2.73 bits per heavy atom. The summed E-state index contributed by atoms with van der Waals surface area (Å²) in [5.74, 6) is 0.395. The Bertz CT molecular complexity index is 894. The molecule has 0 spiro atoms. The molecule has 3 rings (SSSR count). The van der Waals surface area contributed by atoms with E-state index in [9.17, 15) is 10.1 Å². The number of amides is 1. The number of nitriles is 1. The molecule has 0 saturated carbocycles. The quantitative estimate of drug-likeness (QED) is 0.719. The number of hydrogen-bond donors (Lipinski definition) is 1. The van der Waals surface area contributed by atoms with Gasteiger partial charge in [0, 0.05) is 29.9 Å². The highest BCUT2D eigenvalue weighted by atomic mass is 16.2. The maximum atomic E-state index is 12.5. The summed E-state index contributed by atoms with van der Waals surface area (Å²) >= 11 is 0. The van der Waals surface area contributed by atoms with E-state index in [2.05, 4.69) is 62.0 Å². The third kappa shape index (κ3) is 5.28. The van der Waals surface area contributed by atoms with E-state index in [1.54, 1.807) is 4.90 Å². The second-order valence-electron chi connectivity index (χ2n) is 9.06. The lowest BCUT2D eigenvalue weighted by atomic mass is 10.0. The number of aromatic nitrogens is 2. The summed E-state index contributed by atoms with van der Waals surface area (Å²) in [5.41, 5.74) is 3.12. The average molecular weight is 408 g/mol. The summed E-state index contributed by atoms with van der Waals surface area (Å²) in [4.78, 5) is 14.2. The molecule has 1 N–H and O–H groups in total. The van der Waals surface area contributed by atoms with Gasteiger partial charge in [0.05, 0.1) is 18.3 Å². The van der Waals surface area contributed by atoms with Gasteiger partial charge >= 0.3 is 0 Å². The molecule has 2 aromatic rings. The van der Waals surface area contributed by atoms with E-state index in [1.165, 1.54) is 5.69 Å². The summed E-state index contributed by atoms with van der Waals surface area (Å²) in [6.07, 6.45) is 2.54. The summed E-state index contributed by atoms with van der Waals surface area (Å²) < 4.78 is 2.10. The highest BCUT2D eigenvalue weighted by Gasteiger charge is 2.29. The van der Waals surface area contributed by atoms with Crippen molar-refractivity contribution in [3.05, 3.63) is 42.1 Å². The summed E-state index contributed by atoms with van der Waals surface area (Å²) in [5, 5.41) is 17.5. The van der Waals surface area contributed by atoms with Crippen molar-refractivity contribution < 1.29 is 4.79 Å². The average Bonchev–Trinajstić information content (AvgIpc) is 3.38. The molecular weight excluding hydrogens is 374 g/mol. The minimum absolute atomic E-state index is 0.0143. The minimum atomic E-state index is -0.267. The lowest BCUT2D eigenvalue weighted by molar-refractivity contribution is -0.130. The Kier molecular flexibility index (Phi) is 6.94. The molecule has 0 bridgehead atoms. The first-order chi connectivity index (χ1) is 14.3. The van der Waals surface area contributed by atoms with Gasteiger partial charge < -0.3 is 10.2 Å². The monoisotopic (exact) mass is 407 g/mol. The molecular formula is C24H33N5O. The number of likely N-dealkylation sites (tertiary alicyclic amines) is 1. The third-order valence-electron chi connectivity index (χ3n) is 5.86. The van der Waals surface area contributed by atoms with Crippen LogP contribution in [-0.2, 0) is 11.3 Å². The van der Waals surface area contributed by atoms with Crippen LogP contribution in [-0.4, -0.2) is 45.3 Å². The summed E-state index contributed by atoms with van der Waals surface area (Å²) in [6, 6.07) is 14.4. The van der Waals surface area contributed by atoms with Gasteiger partial charge in [-0.15, -0.1) is 0 Å². The van der Waals surface area contributed by atoms with E-state index >= 15 is 0 Å². The Labute approximate surface area is 179 Å². The van der Waals surface area contributed by atoms with Crippen LogP contribution in [0.1, 0.15) is 58.6 Å². The van der Waals surface area contributed by atoms with Crippen molar-refractivity contribution >= 4 is 5.91 Å². The van der Waals surface area contributed by atoms with Crippen LogP contribution in [0, 0.1) is 11.3 Å². The predicted octanol–water partition coefficient (Wildman–Crippen LogP) is 3.95. The van der Waals surface area contributed by atoms with E-state index in [0.717, 1.165) is 37.1 Å². The molecule has 0 radical (unpaired) electrons. The predicted molar refractivity (Wildman–Crippen MR) is 119 cm³/mol. The van der Waals surface area contributed by atoms with Crippen molar-refractivity contribution in [3.63, 3.8) is 0 Å². The normalized spacial score (nSPS) is 16.8. The minimum Gasteiger partial charge on any atom is -0.326 e. The second kappa shape index (κ2) is 9.44. The molecule has 6 nitrogen and oxygen atoms in total. The van der Waals surface area contributed by atoms with Crippen molar-refractivity contribution in [1.29, 1.82) is 5.26 Å². The fourth-order valence-corrected chi connectivity index (χ4v) is 3.91. The maximum absolute atomic E-state index is 12.5. The molecule has 1 amide bonds. The largest absolute Gasteiger partial charge is 0.326 e. The number of carbonyl (C=O) groups excluding carboxylic acids is 1. The molecule has 1 saturated heterocycles. The molecule has 30 heavy (non-hydrogen) atoms. The van der Waals surface area contributed by atoms with Crippen LogP contribution in [0.2, 0.25) is 0 Å². The first-order valence-corrected chi connectivity index (χ1v) is 10.9. The molecule has 160 valence electrons. The van der Waals surface area contributed by atoms with Gasteiger partial charge in [-0.1, -0.05) is 44.2 Å². The van der Waals surface area contributed by atoms with Crippen molar-refractivity contribution in [1.82, 2.24) is 20.0 Å². The van der Waals surface area contributed by atoms with Gasteiger partial charge in [0.25, 0.3) is 0 Å². The van der Waals surface area contributed by atoms with E-state index in [-0.39, 0.29) is 24.0 Å². The first-order valence-electron chi connectivity index (χ1n) is 10.9. The molecule has 2 heterocycles. The molecule has 1 fully saturated rings. The van der Waals surface area contributed by atoms with Crippen LogP contribution in [0.4, 0.5) is 0 Å². The SMILES string of the molecule is CC(C)c1cc(-c2ccccc2)nn1CCC(C)(C)NCC(=O)N1CCCC1C#N. The molecule has 1 aromatic carbocycles. The lowest BCUT2D eigenvalue weighted by Gasteiger charge is -2.28. The fraction of sp³-hybridized carbons (Fsp3) is 0.542. The van der Waals surface area contributed by atoms with Gasteiger partial charge in [0.1, 0.15) is 6.04 Å². The van der Waals surface area contributed by atoms with E-state index in [1.807, 2.05) is 18.2 Å². The van der Waals surface area contributed by atoms with Gasteiger partial charge in [-0.05, 0) is 45.1 Å². The van der Waals surface area contributed by atoms with E-state index in [4.69, 9.17) is 5.10 Å². The van der Waals surface area contributed by atoms with Crippen LogP contribution >= 0.6 is 0 Å². The second-order valence-corrected chi connectivity index (χ2v) is 9.06. The molecule has 0 aliphatic carbocycles. The first kappa shape index (κ1) is 22.0. The van der Waals surface area contributed by atoms with Gasteiger partial charge in [-0.25, -0.2) is 0 Å². The maximum Gasteiger partial charge on any atom is 0.237 e. The molecule has 6 heteroatoms. The lowest BCUT2D eigenvalue weighted by Crippen LogP contribution is -2.48. The van der Waals surface area contributed by atoms with Crippen molar-refractivity contribution in [2.45, 2.75) is 71.0 Å². The topological polar surface area (TPSA) is 74.0 Å². The van der Waals surface area contributed by atoms with Crippen LogP contribution in [0.3, 0.4) is 0 Å². The zero-order chi connectivity index (χ0) is 21.7. The standard InChI is InChI=1S/C24H33N5O/c1-18(2)22-15-21(19-9-6-5-7-10-19)27-29(22)14-12-24(3,4)26-17-23(30)28-13-8-11-20(28)16-25/h5-7,9-10,15,18,20,26H,8,11-14,17H2,1-4H3. The number of nitrogens with zero attached hydrogens (tertiary/aromatic N) is 4. The zero-order valence-electron chi connectivity index (χ0n) is 18.6. The number of nitrogens with one attached hydrogen (secondary N) is 1. The highest BCUT2D eigenvalue weighted by Crippen LogP contribution is 2.24. The Hall–Kier alpha value is -2.65. The van der Waals surface area contributed by atoms with Crippen LogP contribution in [0.5, 0.6) is 0 Å². The summed E-state index contributed by atoms with van der Waals surface area (Å²) in [6.45, 7) is 10.3. The van der Waals surface area contributed by atoms with Gasteiger partial charge in [0.2, 0.25) is 5.91 Å². The molecule has 1 unspecified atom stereocenters. The van der Waals surface area contributed by atoms with Crippen molar-refractivity contribution in [3.8, 4) is 17.3 Å². The third-order valence-corrected chi connectivity index (χ3v) is 5.86. The van der Waals surface area contributed by atoms with Crippen LogP contribution < -0.4 is 5.32 Å². The van der Waals surface area contributed by atoms with Gasteiger partial charge in [-0.2, -0.15) is 10.4 Å².